The van der Waals surface area contributed by atoms with Crippen LogP contribution >= 0.6 is 15.9 Å². The topological polar surface area (TPSA) is 77.4 Å². The largest absolute Gasteiger partial charge is 0.270 e. The van der Waals surface area contributed by atoms with Crippen molar-refractivity contribution in [3.63, 3.8) is 0 Å². The van der Waals surface area contributed by atoms with Gasteiger partial charge >= 0.3 is 0 Å². The molecule has 2 rings (SSSR count). The molecule has 0 saturated carbocycles. The van der Waals surface area contributed by atoms with E-state index in [-0.39, 0.29) is 0 Å². The predicted octanol–water partition coefficient (Wildman–Crippen LogP) is 3.27. The fourth-order valence-electron chi connectivity index (χ4n) is 1.12. The number of aromatic amines is 1. The van der Waals surface area contributed by atoms with Crippen molar-refractivity contribution in [2.75, 3.05) is 0 Å². The lowest BCUT2D eigenvalue weighted by atomic mass is 10.2. The van der Waals surface area contributed by atoms with Crippen LogP contribution in [0.15, 0.2) is 27.9 Å². The molecule has 2 aromatic rings. The van der Waals surface area contributed by atoms with Gasteiger partial charge in [-0.2, -0.15) is 5.10 Å². The number of hydrogen-bond acceptors (Lipinski definition) is 2. The fraction of sp³-hybridized carbons (Fsp3) is 0. The van der Waals surface area contributed by atoms with Crippen LogP contribution in [0, 0.1) is 0 Å². The summed E-state index contributed by atoms with van der Waals surface area (Å²) < 4.78 is 0.789. The molecule has 0 aliphatic rings. The SMILES string of the molecule is [N-]=[N+]=Nc1cccc2c(Br)[nH]nc12. The second-order valence-electron chi connectivity index (χ2n) is 2.40. The third-order valence-electron chi connectivity index (χ3n) is 1.67. The fourth-order valence-corrected chi connectivity index (χ4v) is 1.53. The summed E-state index contributed by atoms with van der Waals surface area (Å²) in [6.07, 6.45) is 0. The number of halogens is 1. The Kier molecular flexibility index (Phi) is 1.92. The average Bonchev–Trinajstić information content (AvgIpc) is 2.50. The minimum absolute atomic E-state index is 0.530. The molecule has 0 aliphatic carbocycles. The molecule has 0 unspecified atom stereocenters. The lowest BCUT2D eigenvalue weighted by molar-refractivity contribution is 1.09. The molecule has 1 aromatic heterocycles. The summed E-state index contributed by atoms with van der Waals surface area (Å²) in [5.41, 5.74) is 9.50. The number of nitrogens with zero attached hydrogens (tertiary/aromatic N) is 4. The normalized spacial score (nSPS) is 9.92. The first kappa shape index (κ1) is 8.10. The van der Waals surface area contributed by atoms with Crippen molar-refractivity contribution in [3.8, 4) is 0 Å². The highest BCUT2D eigenvalue weighted by Crippen LogP contribution is 2.28. The third-order valence-corrected chi connectivity index (χ3v) is 2.27. The molecule has 64 valence electrons. The first-order valence-corrected chi connectivity index (χ1v) is 4.30. The van der Waals surface area contributed by atoms with Gasteiger partial charge in [0, 0.05) is 10.3 Å². The van der Waals surface area contributed by atoms with Crippen LogP contribution in [0.1, 0.15) is 0 Å². The molecule has 0 aliphatic heterocycles. The highest BCUT2D eigenvalue weighted by Gasteiger charge is 2.04. The Hall–Kier alpha value is -1.52. The minimum atomic E-state index is 0.530. The van der Waals surface area contributed by atoms with Crippen molar-refractivity contribution in [1.82, 2.24) is 10.2 Å². The molecule has 0 saturated heterocycles. The summed E-state index contributed by atoms with van der Waals surface area (Å²) in [7, 11) is 0. The van der Waals surface area contributed by atoms with Crippen LogP contribution in [0.5, 0.6) is 0 Å². The van der Waals surface area contributed by atoms with E-state index in [2.05, 4.69) is 36.2 Å². The van der Waals surface area contributed by atoms with E-state index in [1.165, 1.54) is 0 Å². The lowest BCUT2D eigenvalue weighted by Gasteiger charge is -1.91. The zero-order valence-corrected chi connectivity index (χ0v) is 7.98. The maximum absolute atomic E-state index is 8.29. The Morgan fingerprint density at radius 1 is 1.54 bits per heavy atom. The van der Waals surface area contributed by atoms with Gasteiger partial charge in [-0.15, -0.1) is 0 Å². The summed E-state index contributed by atoms with van der Waals surface area (Å²) >= 11 is 3.30. The van der Waals surface area contributed by atoms with Crippen LogP contribution in [0.25, 0.3) is 21.3 Å². The van der Waals surface area contributed by atoms with E-state index in [4.69, 9.17) is 5.53 Å². The molecular weight excluding hydrogens is 234 g/mol. The third kappa shape index (κ3) is 1.26. The van der Waals surface area contributed by atoms with Gasteiger partial charge in [0.1, 0.15) is 10.1 Å². The smallest absolute Gasteiger partial charge is 0.108 e. The Labute approximate surface area is 81.5 Å². The zero-order valence-electron chi connectivity index (χ0n) is 6.40. The van der Waals surface area contributed by atoms with Crippen molar-refractivity contribution in [3.05, 3.63) is 33.2 Å². The second kappa shape index (κ2) is 3.08. The summed E-state index contributed by atoms with van der Waals surface area (Å²) in [5, 5.41) is 11.2. The molecular formula is C7H4BrN5. The van der Waals surface area contributed by atoms with Crippen LogP contribution in [-0.2, 0) is 0 Å². The van der Waals surface area contributed by atoms with Gasteiger partial charge in [0.05, 0.1) is 5.69 Å². The van der Waals surface area contributed by atoms with Crippen LogP contribution < -0.4 is 0 Å². The van der Waals surface area contributed by atoms with Gasteiger partial charge in [0.2, 0.25) is 0 Å². The summed E-state index contributed by atoms with van der Waals surface area (Å²) in [4.78, 5) is 2.72. The maximum Gasteiger partial charge on any atom is 0.108 e. The number of benzene rings is 1. The first-order chi connectivity index (χ1) is 6.33. The number of fused-ring (bicyclic) bond motifs is 1. The Balaban J connectivity index is 2.84. The van der Waals surface area contributed by atoms with Gasteiger partial charge in [-0.05, 0) is 21.5 Å². The van der Waals surface area contributed by atoms with Crippen molar-refractivity contribution in [1.29, 1.82) is 0 Å². The van der Waals surface area contributed by atoms with Crippen molar-refractivity contribution >= 4 is 32.5 Å². The van der Waals surface area contributed by atoms with Crippen molar-refractivity contribution in [2.24, 2.45) is 5.11 Å². The number of aromatic nitrogens is 2. The van der Waals surface area contributed by atoms with Gasteiger partial charge in [-0.3, -0.25) is 5.10 Å². The van der Waals surface area contributed by atoms with E-state index in [1.54, 1.807) is 6.07 Å². The number of H-pyrrole nitrogens is 1. The molecule has 1 N–H and O–H groups in total. The monoisotopic (exact) mass is 237 g/mol. The maximum atomic E-state index is 8.29. The number of nitrogens with one attached hydrogen (secondary N) is 1. The highest BCUT2D eigenvalue weighted by atomic mass is 79.9. The number of hydrogen-bond donors (Lipinski definition) is 1. The quantitative estimate of drug-likeness (QED) is 0.461. The Bertz CT molecular complexity index is 497. The van der Waals surface area contributed by atoms with Crippen molar-refractivity contribution < 1.29 is 0 Å². The van der Waals surface area contributed by atoms with E-state index < -0.39 is 0 Å². The molecule has 6 heteroatoms. The first-order valence-electron chi connectivity index (χ1n) is 3.50. The van der Waals surface area contributed by atoms with Crippen LogP contribution in [-0.4, -0.2) is 10.2 Å². The standard InChI is InChI=1S/C7H4BrN5/c8-7-4-2-1-3-5(10-13-9)6(4)11-12-7/h1-3H,(H,11,12). The Morgan fingerprint density at radius 3 is 3.15 bits per heavy atom. The number of rotatable bonds is 1. The van der Waals surface area contributed by atoms with Crippen LogP contribution in [0.2, 0.25) is 0 Å². The van der Waals surface area contributed by atoms with E-state index in [1.807, 2.05) is 12.1 Å². The summed E-state index contributed by atoms with van der Waals surface area (Å²) in [5.74, 6) is 0. The molecule has 5 nitrogen and oxygen atoms in total. The number of para-hydroxylation sites is 1. The molecule has 0 spiro atoms. The van der Waals surface area contributed by atoms with E-state index in [0.717, 1.165) is 9.99 Å². The molecule has 0 amide bonds. The molecule has 13 heavy (non-hydrogen) atoms. The van der Waals surface area contributed by atoms with Gasteiger partial charge in [-0.1, -0.05) is 23.3 Å². The summed E-state index contributed by atoms with van der Waals surface area (Å²) in [6, 6.07) is 5.42. The molecule has 1 heterocycles. The molecule has 0 fully saturated rings. The Morgan fingerprint density at radius 2 is 2.38 bits per heavy atom. The summed E-state index contributed by atoms with van der Waals surface area (Å²) in [6.45, 7) is 0. The second-order valence-corrected chi connectivity index (χ2v) is 3.19. The van der Waals surface area contributed by atoms with Gasteiger partial charge in [0.15, 0.2) is 0 Å². The zero-order chi connectivity index (χ0) is 9.26. The molecule has 0 radical (unpaired) electrons. The van der Waals surface area contributed by atoms with Crippen LogP contribution in [0.3, 0.4) is 0 Å². The van der Waals surface area contributed by atoms with E-state index in [9.17, 15) is 0 Å². The molecule has 0 atom stereocenters. The molecule has 0 bridgehead atoms. The van der Waals surface area contributed by atoms with Crippen LogP contribution in [0.4, 0.5) is 5.69 Å². The van der Waals surface area contributed by atoms with Crippen molar-refractivity contribution in [2.45, 2.75) is 0 Å². The van der Waals surface area contributed by atoms with Gasteiger partial charge in [0.25, 0.3) is 0 Å². The molecule has 1 aromatic carbocycles. The highest BCUT2D eigenvalue weighted by molar-refractivity contribution is 9.10. The average molecular weight is 238 g/mol. The minimum Gasteiger partial charge on any atom is -0.270 e. The van der Waals surface area contributed by atoms with Gasteiger partial charge in [-0.25, -0.2) is 0 Å². The van der Waals surface area contributed by atoms with Gasteiger partial charge < -0.3 is 0 Å². The van der Waals surface area contributed by atoms with E-state index >= 15 is 0 Å². The van der Waals surface area contributed by atoms with E-state index in [0.29, 0.717) is 11.2 Å². The predicted molar refractivity (Wildman–Crippen MR) is 52.6 cm³/mol. The number of azide groups is 1. The lowest BCUT2D eigenvalue weighted by Crippen LogP contribution is -1.68.